The number of piperidine rings is 1. The lowest BCUT2D eigenvalue weighted by Crippen LogP contribution is -2.61. The third-order valence-electron chi connectivity index (χ3n) is 6.48. The summed E-state index contributed by atoms with van der Waals surface area (Å²) in [6, 6.07) is 5.39. The van der Waals surface area contributed by atoms with Gasteiger partial charge in [-0.05, 0) is 67.8 Å². The lowest BCUT2D eigenvalue weighted by Gasteiger charge is -2.55. The molecule has 2 bridgehead atoms. The molecule has 1 saturated heterocycles. The number of hydrogen-bond acceptors (Lipinski definition) is 5. The molecule has 0 amide bonds. The number of benzene rings is 1. The van der Waals surface area contributed by atoms with Gasteiger partial charge in [-0.25, -0.2) is 0 Å². The molecule has 3 atom stereocenters. The monoisotopic (exact) mass is 395 g/mol. The molecule has 1 heterocycles. The number of aromatic hydroxyl groups is 1. The quantitative estimate of drug-likeness (QED) is 0.764. The van der Waals surface area contributed by atoms with Gasteiger partial charge in [0.1, 0.15) is 5.75 Å². The lowest BCUT2D eigenvalue weighted by molar-refractivity contribution is 0.0196. The van der Waals surface area contributed by atoms with Gasteiger partial charge in [-0.1, -0.05) is 13.8 Å². The molecule has 7 heteroatoms. The van der Waals surface area contributed by atoms with Crippen LogP contribution in [0.2, 0.25) is 0 Å². The van der Waals surface area contributed by atoms with Crippen molar-refractivity contribution in [3.05, 3.63) is 29.3 Å². The van der Waals surface area contributed by atoms with E-state index in [-0.39, 0.29) is 23.0 Å². The van der Waals surface area contributed by atoms with Gasteiger partial charge in [0.05, 0.1) is 12.3 Å². The van der Waals surface area contributed by atoms with Crippen LogP contribution in [0.15, 0.2) is 18.2 Å². The minimum atomic E-state index is -3.67. The molecular formula is C20H29NO5S. The van der Waals surface area contributed by atoms with Crippen LogP contribution < -0.4 is 0 Å². The van der Waals surface area contributed by atoms with Crippen LogP contribution in [-0.2, 0) is 15.5 Å². The second kappa shape index (κ2) is 7.18. The number of ketones is 1. The Morgan fingerprint density at radius 3 is 2.48 bits per heavy atom. The van der Waals surface area contributed by atoms with E-state index in [0.717, 1.165) is 43.0 Å². The van der Waals surface area contributed by atoms with Crippen LogP contribution in [0.25, 0.3) is 0 Å². The van der Waals surface area contributed by atoms with Crippen molar-refractivity contribution in [1.29, 1.82) is 0 Å². The Balaban J connectivity index is 0.000000376. The minimum Gasteiger partial charge on any atom is -0.508 e. The first-order valence-corrected chi connectivity index (χ1v) is 11.5. The number of fused-ring (bicyclic) bond motifs is 4. The van der Waals surface area contributed by atoms with Crippen molar-refractivity contribution in [2.45, 2.75) is 51.0 Å². The van der Waals surface area contributed by atoms with Gasteiger partial charge in [-0.3, -0.25) is 14.2 Å². The summed E-state index contributed by atoms with van der Waals surface area (Å²) in [5.74, 6) is 1.69. The highest BCUT2D eigenvalue weighted by atomic mass is 32.2. The SMILES string of the molecule is CCC12CCN(CC3CC3)[C@H](C(=O)c3ccc(O)cc31)C2C.CS(=O)(=O)O. The van der Waals surface area contributed by atoms with Gasteiger partial charge in [0.25, 0.3) is 10.1 Å². The van der Waals surface area contributed by atoms with Crippen molar-refractivity contribution in [1.82, 2.24) is 4.90 Å². The van der Waals surface area contributed by atoms with E-state index in [4.69, 9.17) is 4.55 Å². The van der Waals surface area contributed by atoms with Crippen LogP contribution in [0.5, 0.6) is 5.75 Å². The van der Waals surface area contributed by atoms with E-state index in [1.165, 1.54) is 12.8 Å². The zero-order valence-corrected chi connectivity index (χ0v) is 17.0. The fourth-order valence-electron chi connectivity index (χ4n) is 4.95. The summed E-state index contributed by atoms with van der Waals surface area (Å²) in [4.78, 5) is 15.5. The van der Waals surface area contributed by atoms with Gasteiger partial charge in [-0.15, -0.1) is 0 Å². The Bertz CT molecular complexity index is 825. The van der Waals surface area contributed by atoms with E-state index in [2.05, 4.69) is 18.7 Å². The number of Topliss-reactive ketones (excluding diaryl/α,β-unsaturated/α-hetero) is 1. The van der Waals surface area contributed by atoms with Crippen molar-refractivity contribution < 1.29 is 22.9 Å². The second-order valence-electron chi connectivity index (χ2n) is 8.26. The van der Waals surface area contributed by atoms with E-state index in [1.54, 1.807) is 6.07 Å². The van der Waals surface area contributed by atoms with Crippen molar-refractivity contribution in [3.63, 3.8) is 0 Å². The zero-order valence-electron chi connectivity index (χ0n) is 16.2. The maximum absolute atomic E-state index is 13.1. The predicted octanol–water partition coefficient (Wildman–Crippen LogP) is 2.86. The first kappa shape index (κ1) is 20.3. The molecule has 4 rings (SSSR count). The molecule has 0 radical (unpaired) electrons. The number of carbonyl (C=O) groups is 1. The van der Waals surface area contributed by atoms with Gasteiger partial charge in [0, 0.05) is 17.5 Å². The first-order valence-electron chi connectivity index (χ1n) is 9.61. The second-order valence-corrected chi connectivity index (χ2v) is 9.72. The smallest absolute Gasteiger partial charge is 0.261 e. The summed E-state index contributed by atoms with van der Waals surface area (Å²) in [7, 11) is -3.67. The minimum absolute atomic E-state index is 0.0337. The summed E-state index contributed by atoms with van der Waals surface area (Å²) >= 11 is 0. The maximum atomic E-state index is 13.1. The van der Waals surface area contributed by atoms with Crippen LogP contribution in [0.3, 0.4) is 0 Å². The van der Waals surface area contributed by atoms with Gasteiger partial charge >= 0.3 is 0 Å². The van der Waals surface area contributed by atoms with Gasteiger partial charge in [0.15, 0.2) is 5.78 Å². The predicted molar refractivity (Wildman–Crippen MR) is 104 cm³/mol. The van der Waals surface area contributed by atoms with Crippen LogP contribution in [0, 0.1) is 11.8 Å². The summed E-state index contributed by atoms with van der Waals surface area (Å²) in [6.07, 6.45) is 5.50. The molecule has 1 aliphatic heterocycles. The molecule has 150 valence electrons. The molecule has 1 aromatic carbocycles. The fourth-order valence-corrected chi connectivity index (χ4v) is 4.95. The summed E-state index contributed by atoms with van der Waals surface area (Å²) in [5, 5.41) is 9.93. The molecule has 0 spiro atoms. The summed E-state index contributed by atoms with van der Waals surface area (Å²) in [5.41, 5.74) is 1.99. The molecule has 2 unspecified atom stereocenters. The summed E-state index contributed by atoms with van der Waals surface area (Å²) < 4.78 is 25.9. The summed E-state index contributed by atoms with van der Waals surface area (Å²) in [6.45, 7) is 6.58. The Morgan fingerprint density at radius 2 is 1.93 bits per heavy atom. The molecule has 27 heavy (non-hydrogen) atoms. The van der Waals surface area contributed by atoms with Gasteiger partial charge < -0.3 is 5.11 Å². The number of likely N-dealkylation sites (tertiary alicyclic amines) is 1. The van der Waals surface area contributed by atoms with E-state index < -0.39 is 10.1 Å². The Labute approximate surface area is 161 Å². The fraction of sp³-hybridized carbons (Fsp3) is 0.650. The molecule has 3 aliphatic rings. The third-order valence-corrected chi connectivity index (χ3v) is 6.48. The van der Waals surface area contributed by atoms with E-state index in [0.29, 0.717) is 12.2 Å². The molecule has 1 aromatic rings. The molecule has 6 nitrogen and oxygen atoms in total. The number of phenolic OH excluding ortho intramolecular Hbond substituents is 1. The van der Waals surface area contributed by atoms with Crippen LogP contribution in [0.4, 0.5) is 0 Å². The Morgan fingerprint density at radius 1 is 1.30 bits per heavy atom. The average molecular weight is 396 g/mol. The highest BCUT2D eigenvalue weighted by Crippen LogP contribution is 2.51. The molecule has 0 aromatic heterocycles. The van der Waals surface area contributed by atoms with Gasteiger partial charge in [0.2, 0.25) is 0 Å². The Hall–Kier alpha value is -1.44. The number of phenols is 1. The van der Waals surface area contributed by atoms with Crippen LogP contribution >= 0.6 is 0 Å². The molecule has 2 fully saturated rings. The van der Waals surface area contributed by atoms with E-state index in [1.807, 2.05) is 12.1 Å². The average Bonchev–Trinajstić information content (AvgIpc) is 3.37. The van der Waals surface area contributed by atoms with Crippen molar-refractivity contribution in [2.24, 2.45) is 11.8 Å². The van der Waals surface area contributed by atoms with E-state index >= 15 is 0 Å². The van der Waals surface area contributed by atoms with Gasteiger partial charge in [-0.2, -0.15) is 8.42 Å². The maximum Gasteiger partial charge on any atom is 0.261 e. The Kier molecular flexibility index (Phi) is 5.40. The molecule has 2 aliphatic carbocycles. The van der Waals surface area contributed by atoms with Crippen LogP contribution in [-0.4, -0.2) is 54.1 Å². The lowest BCUT2D eigenvalue weighted by atomic mass is 9.56. The molecule has 2 N–H and O–H groups in total. The highest BCUT2D eigenvalue weighted by Gasteiger charge is 2.54. The standard InChI is InChI=1S/C19H25NO2.CH4O3S/c1-3-19-8-9-20(11-13-4-5-13)17(12(19)2)18(22)15-7-6-14(21)10-16(15)19;1-5(2,3)4/h6-7,10,12-13,17,21H,3-5,8-9,11H2,1-2H3;1H3,(H,2,3,4)/t12?,17-,19?;/m0./s1. The van der Waals surface area contributed by atoms with Crippen LogP contribution in [0.1, 0.15) is 55.5 Å². The number of carbonyl (C=O) groups excluding carboxylic acids is 1. The number of nitrogens with zero attached hydrogens (tertiary/aromatic N) is 1. The molecular weight excluding hydrogens is 366 g/mol. The van der Waals surface area contributed by atoms with Crippen molar-refractivity contribution >= 4 is 15.9 Å². The number of rotatable bonds is 3. The largest absolute Gasteiger partial charge is 0.508 e. The normalized spacial score (nSPS) is 30.3. The van der Waals surface area contributed by atoms with E-state index in [9.17, 15) is 18.3 Å². The highest BCUT2D eigenvalue weighted by molar-refractivity contribution is 7.85. The first-order chi connectivity index (χ1) is 12.6. The van der Waals surface area contributed by atoms with Crippen molar-refractivity contribution in [2.75, 3.05) is 19.3 Å². The topological polar surface area (TPSA) is 94.9 Å². The third kappa shape index (κ3) is 4.05. The molecule has 1 saturated carbocycles. The number of hydrogen-bond donors (Lipinski definition) is 2. The van der Waals surface area contributed by atoms with Crippen molar-refractivity contribution in [3.8, 4) is 5.75 Å². The zero-order chi connectivity index (χ0) is 20.0.